The molecule has 6 rings (SSSR count). The molecule has 0 bridgehead atoms. The topological polar surface area (TPSA) is 97.4 Å². The fourth-order valence-corrected chi connectivity index (χ4v) is 6.65. The molecule has 0 spiro atoms. The lowest BCUT2D eigenvalue weighted by molar-refractivity contribution is -0.127. The number of methoxy groups -OCH3 is 1. The molecule has 4 aromatic rings. The molecule has 2 heterocycles. The van der Waals surface area contributed by atoms with Crippen molar-refractivity contribution in [2.75, 3.05) is 50.2 Å². The molecule has 2 aliphatic rings. The molecule has 0 radical (unpaired) electrons. The number of morpholine rings is 1. The van der Waals surface area contributed by atoms with Crippen LogP contribution < -0.4 is 19.7 Å². The number of imide groups is 1. The van der Waals surface area contributed by atoms with Gasteiger partial charge in [0.15, 0.2) is 11.5 Å². The Bertz CT molecular complexity index is 1780. The molecule has 0 atom stereocenters. The number of fused-ring (bicyclic) bond motifs is 1. The number of hydrogen-bond acceptors (Lipinski definition) is 8. The van der Waals surface area contributed by atoms with Crippen molar-refractivity contribution in [3.8, 4) is 11.5 Å². The van der Waals surface area contributed by atoms with Crippen molar-refractivity contribution in [3.63, 3.8) is 0 Å². The van der Waals surface area contributed by atoms with E-state index in [0.717, 1.165) is 51.8 Å². The summed E-state index contributed by atoms with van der Waals surface area (Å²) in [4.78, 5) is 42.0. The van der Waals surface area contributed by atoms with E-state index < -0.39 is 17.1 Å². The molecule has 2 saturated heterocycles. The summed E-state index contributed by atoms with van der Waals surface area (Å²) in [5, 5.41) is 4.50. The second kappa shape index (κ2) is 13.8. The first kappa shape index (κ1) is 30.7. The Morgan fingerprint density at radius 3 is 2.56 bits per heavy atom. The van der Waals surface area contributed by atoms with Gasteiger partial charge in [-0.25, -0.2) is 0 Å². The number of nitrogens with zero attached hydrogens (tertiary/aromatic N) is 2. The number of carbonyl (C=O) groups excluding carboxylic acids is 3. The molecule has 4 aromatic carbocycles. The Kier molecular flexibility index (Phi) is 9.39. The van der Waals surface area contributed by atoms with Crippen LogP contribution >= 0.6 is 27.7 Å². The summed E-state index contributed by atoms with van der Waals surface area (Å²) in [7, 11) is 1.54. The van der Waals surface area contributed by atoms with E-state index in [1.165, 1.54) is 0 Å². The summed E-state index contributed by atoms with van der Waals surface area (Å²) in [6.45, 7) is 2.93. The van der Waals surface area contributed by atoms with E-state index >= 15 is 0 Å². The van der Waals surface area contributed by atoms with Crippen LogP contribution in [-0.2, 0) is 20.9 Å². The first-order valence-electron chi connectivity index (χ1n) is 14.3. The molecule has 0 saturated carbocycles. The summed E-state index contributed by atoms with van der Waals surface area (Å²) in [6, 6.07) is 25.2. The number of anilines is 2. The zero-order chi connectivity index (χ0) is 31.3. The molecular weight excluding hydrogens is 658 g/mol. The molecule has 2 fully saturated rings. The zero-order valence-corrected chi connectivity index (χ0v) is 26.9. The third kappa shape index (κ3) is 7.00. The number of amides is 3. The average molecular weight is 689 g/mol. The van der Waals surface area contributed by atoms with Gasteiger partial charge in [0.05, 0.1) is 29.7 Å². The zero-order valence-electron chi connectivity index (χ0n) is 24.5. The highest BCUT2D eigenvalue weighted by Gasteiger charge is 2.36. The number of benzene rings is 4. The summed E-state index contributed by atoms with van der Waals surface area (Å²) in [5.74, 6) is -0.0107. The lowest BCUT2D eigenvalue weighted by Gasteiger charge is -2.28. The SMILES string of the molecule is COc1cc(/C=C2/SC(=O)N(CC(=O)Nc3ccc(N4CCOCC4)cc3)C2=O)cc(Br)c1OCc1cccc2ccccc12. The Balaban J connectivity index is 1.11. The van der Waals surface area contributed by atoms with E-state index in [0.29, 0.717) is 47.0 Å². The van der Waals surface area contributed by atoms with Gasteiger partial charge in [0.25, 0.3) is 11.1 Å². The first-order chi connectivity index (χ1) is 21.9. The van der Waals surface area contributed by atoms with E-state index in [9.17, 15) is 14.4 Å². The molecule has 2 aliphatic heterocycles. The van der Waals surface area contributed by atoms with Crippen LogP contribution in [0.4, 0.5) is 16.2 Å². The Morgan fingerprint density at radius 2 is 1.78 bits per heavy atom. The van der Waals surface area contributed by atoms with Gasteiger partial charge in [-0.1, -0.05) is 42.5 Å². The Labute approximate surface area is 273 Å². The molecule has 0 unspecified atom stereocenters. The minimum atomic E-state index is -0.533. The van der Waals surface area contributed by atoms with Gasteiger partial charge in [-0.05, 0) is 92.1 Å². The molecule has 3 amide bonds. The Hall–Kier alpha value is -4.32. The minimum Gasteiger partial charge on any atom is -0.493 e. The van der Waals surface area contributed by atoms with Gasteiger partial charge in [-0.15, -0.1) is 0 Å². The van der Waals surface area contributed by atoms with E-state index in [-0.39, 0.29) is 11.4 Å². The molecule has 9 nitrogen and oxygen atoms in total. The summed E-state index contributed by atoms with van der Waals surface area (Å²) in [5.41, 5.74) is 3.29. The highest BCUT2D eigenvalue weighted by atomic mass is 79.9. The lowest BCUT2D eigenvalue weighted by Crippen LogP contribution is -2.36. The van der Waals surface area contributed by atoms with Crippen molar-refractivity contribution in [3.05, 3.63) is 99.4 Å². The lowest BCUT2D eigenvalue weighted by atomic mass is 10.1. The number of thioether (sulfide) groups is 1. The van der Waals surface area contributed by atoms with Gasteiger partial charge < -0.3 is 24.4 Å². The van der Waals surface area contributed by atoms with E-state index in [1.807, 2.05) is 36.4 Å². The number of halogens is 1. The normalized spacial score (nSPS) is 16.0. The first-order valence-corrected chi connectivity index (χ1v) is 16.0. The predicted octanol–water partition coefficient (Wildman–Crippen LogP) is 6.70. The standard InChI is InChI=1S/C34H30BrN3O6S/c1-42-29-18-22(17-28(35)32(29)44-21-24-7-4-6-23-5-2-3-8-27(23)24)19-30-33(40)38(34(41)45-30)20-31(39)36-25-9-11-26(12-10-25)37-13-15-43-16-14-37/h2-12,17-19H,13-16,20-21H2,1H3,(H,36,39)/b30-19+. The Morgan fingerprint density at radius 1 is 1.02 bits per heavy atom. The fraction of sp³-hybridized carbons (Fsp3) is 0.206. The van der Waals surface area contributed by atoms with E-state index in [2.05, 4.69) is 44.3 Å². The largest absolute Gasteiger partial charge is 0.493 e. The molecule has 11 heteroatoms. The van der Waals surface area contributed by atoms with Crippen LogP contribution in [0.5, 0.6) is 11.5 Å². The van der Waals surface area contributed by atoms with Gasteiger partial charge in [0, 0.05) is 24.5 Å². The number of hydrogen-bond donors (Lipinski definition) is 1. The number of ether oxygens (including phenoxy) is 3. The van der Waals surface area contributed by atoms with Crippen molar-refractivity contribution in [1.29, 1.82) is 0 Å². The molecule has 0 aliphatic carbocycles. The van der Waals surface area contributed by atoms with Crippen LogP contribution in [0, 0.1) is 0 Å². The maximum Gasteiger partial charge on any atom is 0.294 e. The summed E-state index contributed by atoms with van der Waals surface area (Å²) < 4.78 is 17.8. The third-order valence-electron chi connectivity index (χ3n) is 7.50. The van der Waals surface area contributed by atoms with E-state index in [1.54, 1.807) is 37.5 Å². The van der Waals surface area contributed by atoms with Crippen LogP contribution in [0.1, 0.15) is 11.1 Å². The second-order valence-electron chi connectivity index (χ2n) is 10.4. The maximum atomic E-state index is 13.2. The van der Waals surface area contributed by atoms with Crippen LogP contribution in [0.25, 0.3) is 16.8 Å². The molecule has 0 aromatic heterocycles. The van der Waals surface area contributed by atoms with Crippen LogP contribution in [-0.4, -0.2) is 61.9 Å². The number of rotatable bonds is 9. The third-order valence-corrected chi connectivity index (χ3v) is 9.00. The molecule has 45 heavy (non-hydrogen) atoms. The minimum absolute atomic E-state index is 0.209. The molecule has 230 valence electrons. The number of nitrogens with one attached hydrogen (secondary N) is 1. The predicted molar refractivity (Wildman–Crippen MR) is 180 cm³/mol. The molecule has 1 N–H and O–H groups in total. The van der Waals surface area contributed by atoms with E-state index in [4.69, 9.17) is 14.2 Å². The van der Waals surface area contributed by atoms with Crippen LogP contribution in [0.15, 0.2) is 88.2 Å². The maximum absolute atomic E-state index is 13.2. The van der Waals surface area contributed by atoms with Gasteiger partial charge in [-0.3, -0.25) is 19.3 Å². The van der Waals surface area contributed by atoms with Gasteiger partial charge in [-0.2, -0.15) is 0 Å². The second-order valence-corrected chi connectivity index (χ2v) is 12.3. The van der Waals surface area contributed by atoms with Gasteiger partial charge >= 0.3 is 0 Å². The highest BCUT2D eigenvalue weighted by molar-refractivity contribution is 9.10. The van der Waals surface area contributed by atoms with Crippen molar-refractivity contribution < 1.29 is 28.6 Å². The van der Waals surface area contributed by atoms with Crippen molar-refractivity contribution in [1.82, 2.24) is 4.90 Å². The highest BCUT2D eigenvalue weighted by Crippen LogP contribution is 2.40. The van der Waals surface area contributed by atoms with Crippen molar-refractivity contribution in [2.45, 2.75) is 6.61 Å². The quantitative estimate of drug-likeness (QED) is 0.194. The van der Waals surface area contributed by atoms with Crippen LogP contribution in [0.3, 0.4) is 0 Å². The van der Waals surface area contributed by atoms with Crippen molar-refractivity contribution >= 4 is 73.0 Å². The van der Waals surface area contributed by atoms with Gasteiger partial charge in [0.2, 0.25) is 5.91 Å². The summed E-state index contributed by atoms with van der Waals surface area (Å²) in [6.07, 6.45) is 1.61. The number of carbonyl (C=O) groups is 3. The van der Waals surface area contributed by atoms with Gasteiger partial charge in [0.1, 0.15) is 13.2 Å². The van der Waals surface area contributed by atoms with Crippen molar-refractivity contribution in [2.24, 2.45) is 0 Å². The monoisotopic (exact) mass is 687 g/mol. The molecular formula is C34H30BrN3O6S. The summed E-state index contributed by atoms with van der Waals surface area (Å²) >= 11 is 4.37. The fourth-order valence-electron chi connectivity index (χ4n) is 5.24. The average Bonchev–Trinajstić information content (AvgIpc) is 3.31. The van der Waals surface area contributed by atoms with Crippen LogP contribution in [0.2, 0.25) is 0 Å². The smallest absolute Gasteiger partial charge is 0.294 e.